The van der Waals surface area contributed by atoms with Gasteiger partial charge in [0.25, 0.3) is 10.0 Å². The van der Waals surface area contributed by atoms with E-state index in [9.17, 15) is 13.2 Å². The molecule has 3 fully saturated rings. The second kappa shape index (κ2) is 9.23. The fraction of sp³-hybridized carbons (Fsp3) is 0.737. The molecule has 0 spiro atoms. The normalized spacial score (nSPS) is 26.8. The van der Waals surface area contributed by atoms with Crippen LogP contribution in [0.2, 0.25) is 0 Å². The number of hydrogen-bond acceptors (Lipinski definition) is 7. The largest absolute Gasteiger partial charge is 0.379 e. The Kier molecular flexibility index (Phi) is 6.87. The summed E-state index contributed by atoms with van der Waals surface area (Å²) in [6.45, 7) is 5.17. The van der Waals surface area contributed by atoms with E-state index in [1.807, 2.05) is 11.8 Å². The van der Waals surface area contributed by atoms with Crippen LogP contribution in [-0.2, 0) is 26.0 Å². The van der Waals surface area contributed by atoms with Gasteiger partial charge in [0.2, 0.25) is 5.91 Å². The van der Waals surface area contributed by atoms with Crippen molar-refractivity contribution in [1.82, 2.24) is 14.5 Å². The number of ether oxygens (including phenoxy) is 1. The molecule has 0 saturated carbocycles. The van der Waals surface area contributed by atoms with Crippen molar-refractivity contribution in [2.75, 3.05) is 57.4 Å². The predicted octanol–water partition coefficient (Wildman–Crippen LogP) is 1.40. The van der Waals surface area contributed by atoms with Crippen LogP contribution in [-0.4, -0.2) is 86.5 Å². The number of thiophene rings is 1. The Balaban J connectivity index is 1.34. The van der Waals surface area contributed by atoms with E-state index in [2.05, 4.69) is 10.2 Å². The van der Waals surface area contributed by atoms with Crippen LogP contribution < -0.4 is 5.32 Å². The van der Waals surface area contributed by atoms with E-state index < -0.39 is 10.0 Å². The van der Waals surface area contributed by atoms with Crippen LogP contribution in [0.25, 0.3) is 0 Å². The molecule has 1 aromatic rings. The van der Waals surface area contributed by atoms with Crippen molar-refractivity contribution in [2.24, 2.45) is 0 Å². The molecule has 10 heteroatoms. The lowest BCUT2D eigenvalue weighted by molar-refractivity contribution is -0.121. The van der Waals surface area contributed by atoms with Crippen LogP contribution in [0.5, 0.6) is 0 Å². The first-order chi connectivity index (χ1) is 14.0. The quantitative estimate of drug-likeness (QED) is 0.664. The fourth-order valence-corrected chi connectivity index (χ4v) is 8.77. The third-order valence-corrected chi connectivity index (χ3v) is 10.7. The third kappa shape index (κ3) is 4.83. The van der Waals surface area contributed by atoms with E-state index in [-0.39, 0.29) is 17.9 Å². The predicted molar refractivity (Wildman–Crippen MR) is 116 cm³/mol. The molecule has 29 heavy (non-hydrogen) atoms. The summed E-state index contributed by atoms with van der Waals surface area (Å²) in [5, 5.41) is 3.13. The number of hydrogen-bond donors (Lipinski definition) is 1. The van der Waals surface area contributed by atoms with Gasteiger partial charge in [-0.3, -0.25) is 9.69 Å². The second-order valence-corrected chi connectivity index (χ2v) is 12.4. The zero-order valence-electron chi connectivity index (χ0n) is 16.6. The maximum atomic E-state index is 12.7. The highest BCUT2D eigenvalue weighted by Gasteiger charge is 2.40. The van der Waals surface area contributed by atoms with Gasteiger partial charge in [0.05, 0.1) is 19.6 Å². The van der Waals surface area contributed by atoms with Crippen LogP contribution in [0.1, 0.15) is 24.1 Å². The standard InChI is InChI=1S/C19H29N3O4S3/c23-17(20-14-19(5-12-27-15-19)21-8-10-26-11-9-21)13-16-3-4-18(28-16)29(24,25)22-6-1-2-7-22/h3-4H,1-2,5-15H2,(H,20,23). The molecule has 4 heterocycles. The van der Waals surface area contributed by atoms with Gasteiger partial charge in [0, 0.05) is 48.9 Å². The molecular formula is C19H29N3O4S3. The smallest absolute Gasteiger partial charge is 0.252 e. The van der Waals surface area contributed by atoms with Gasteiger partial charge in [-0.25, -0.2) is 8.42 Å². The molecule has 1 N–H and O–H groups in total. The Morgan fingerprint density at radius 2 is 1.93 bits per heavy atom. The van der Waals surface area contributed by atoms with Crippen molar-refractivity contribution < 1.29 is 17.9 Å². The highest BCUT2D eigenvalue weighted by molar-refractivity contribution is 7.99. The van der Waals surface area contributed by atoms with Gasteiger partial charge in [0.1, 0.15) is 4.21 Å². The highest BCUT2D eigenvalue weighted by atomic mass is 32.2. The minimum atomic E-state index is -3.40. The molecule has 7 nitrogen and oxygen atoms in total. The molecule has 3 aliphatic rings. The molecule has 3 saturated heterocycles. The SMILES string of the molecule is O=C(Cc1ccc(S(=O)(=O)N2CCCC2)s1)NCC1(N2CCOCC2)CCSC1. The highest BCUT2D eigenvalue weighted by Crippen LogP contribution is 2.34. The molecule has 1 amide bonds. The Labute approximate surface area is 181 Å². The molecule has 4 rings (SSSR count). The Morgan fingerprint density at radius 1 is 1.17 bits per heavy atom. The minimum absolute atomic E-state index is 0.0177. The van der Waals surface area contributed by atoms with Gasteiger partial charge in [0.15, 0.2) is 0 Å². The Hall–Kier alpha value is -0.650. The maximum absolute atomic E-state index is 12.7. The summed E-state index contributed by atoms with van der Waals surface area (Å²) >= 11 is 3.16. The molecule has 1 aromatic heterocycles. The first-order valence-corrected chi connectivity index (χ1v) is 13.7. The fourth-order valence-electron chi connectivity index (χ4n) is 4.27. The third-order valence-electron chi connectivity index (χ3n) is 6.01. The van der Waals surface area contributed by atoms with Gasteiger partial charge >= 0.3 is 0 Å². The summed E-state index contributed by atoms with van der Waals surface area (Å²) in [5.74, 6) is 2.11. The van der Waals surface area contributed by atoms with Crippen molar-refractivity contribution in [3.05, 3.63) is 17.0 Å². The maximum Gasteiger partial charge on any atom is 0.252 e. The molecule has 1 unspecified atom stereocenters. The van der Waals surface area contributed by atoms with Gasteiger partial charge in [-0.1, -0.05) is 0 Å². The summed E-state index contributed by atoms with van der Waals surface area (Å²) in [6.07, 6.45) is 3.15. The zero-order chi connectivity index (χ0) is 20.3. The van der Waals surface area contributed by atoms with Crippen LogP contribution in [0.3, 0.4) is 0 Å². The number of nitrogens with one attached hydrogen (secondary N) is 1. The number of carbonyl (C=O) groups excluding carboxylic acids is 1. The number of rotatable bonds is 7. The van der Waals surface area contributed by atoms with Crippen molar-refractivity contribution >= 4 is 39.0 Å². The van der Waals surface area contributed by atoms with Crippen LogP contribution in [0, 0.1) is 0 Å². The number of carbonyl (C=O) groups is 1. The average molecular weight is 460 g/mol. The number of thioether (sulfide) groups is 1. The number of nitrogens with zero attached hydrogens (tertiary/aromatic N) is 2. The molecule has 0 radical (unpaired) electrons. The first kappa shape index (κ1) is 21.6. The molecule has 1 atom stereocenters. The Morgan fingerprint density at radius 3 is 2.62 bits per heavy atom. The van der Waals surface area contributed by atoms with Crippen LogP contribution in [0.15, 0.2) is 16.3 Å². The molecule has 3 aliphatic heterocycles. The zero-order valence-corrected chi connectivity index (χ0v) is 19.0. The van der Waals surface area contributed by atoms with Crippen molar-refractivity contribution in [1.29, 1.82) is 0 Å². The van der Waals surface area contributed by atoms with E-state index in [1.165, 1.54) is 11.3 Å². The summed E-state index contributed by atoms with van der Waals surface area (Å²) in [7, 11) is -3.40. The molecular weight excluding hydrogens is 430 g/mol. The summed E-state index contributed by atoms with van der Waals surface area (Å²) in [6, 6.07) is 3.42. The van der Waals surface area contributed by atoms with Gasteiger partial charge < -0.3 is 10.1 Å². The van der Waals surface area contributed by atoms with Crippen molar-refractivity contribution in [3.8, 4) is 0 Å². The number of amides is 1. The van der Waals surface area contributed by atoms with Gasteiger partial charge in [-0.15, -0.1) is 11.3 Å². The van der Waals surface area contributed by atoms with E-state index in [1.54, 1.807) is 16.4 Å². The molecule has 0 aromatic carbocycles. The van der Waals surface area contributed by atoms with E-state index >= 15 is 0 Å². The second-order valence-electron chi connectivity index (χ2n) is 7.91. The summed E-state index contributed by atoms with van der Waals surface area (Å²) < 4.78 is 32.7. The van der Waals surface area contributed by atoms with E-state index in [0.29, 0.717) is 23.8 Å². The Bertz CT molecular complexity index is 808. The first-order valence-electron chi connectivity index (χ1n) is 10.3. The summed E-state index contributed by atoms with van der Waals surface area (Å²) in [5.41, 5.74) is 0.0177. The van der Waals surface area contributed by atoms with Gasteiger partial charge in [-0.2, -0.15) is 16.1 Å². The number of sulfonamides is 1. The topological polar surface area (TPSA) is 79.0 Å². The van der Waals surface area contributed by atoms with E-state index in [0.717, 1.165) is 61.9 Å². The minimum Gasteiger partial charge on any atom is -0.379 e. The van der Waals surface area contributed by atoms with Crippen molar-refractivity contribution in [2.45, 2.75) is 35.4 Å². The summed E-state index contributed by atoms with van der Waals surface area (Å²) in [4.78, 5) is 15.9. The lowest BCUT2D eigenvalue weighted by atomic mass is 9.95. The number of morpholine rings is 1. The molecule has 0 aliphatic carbocycles. The van der Waals surface area contributed by atoms with Gasteiger partial charge in [-0.05, 0) is 37.1 Å². The molecule has 162 valence electrons. The monoisotopic (exact) mass is 459 g/mol. The van der Waals surface area contributed by atoms with E-state index in [4.69, 9.17) is 4.74 Å². The van der Waals surface area contributed by atoms with Crippen LogP contribution in [0.4, 0.5) is 0 Å². The van der Waals surface area contributed by atoms with Crippen molar-refractivity contribution in [3.63, 3.8) is 0 Å². The van der Waals surface area contributed by atoms with Crippen LogP contribution >= 0.6 is 23.1 Å². The lowest BCUT2D eigenvalue weighted by Gasteiger charge is -2.43. The molecule has 0 bridgehead atoms. The average Bonchev–Trinajstić information content (AvgIpc) is 3.49. The lowest BCUT2D eigenvalue weighted by Crippen LogP contribution is -2.59.